The van der Waals surface area contributed by atoms with Crippen LogP contribution in [0.4, 0.5) is 0 Å². The van der Waals surface area contributed by atoms with E-state index in [0.29, 0.717) is 6.54 Å². The maximum Gasteiger partial charge on any atom is 0.0678 e. The first kappa shape index (κ1) is 16.4. The fourth-order valence-electron chi connectivity index (χ4n) is 1.94. The zero-order valence-electron chi connectivity index (χ0n) is 11.4. The maximum atomic E-state index is 10.2. The Hall–Kier alpha value is -0.680. The number of hydrogen-bond donors (Lipinski definition) is 1. The molecule has 0 bridgehead atoms. The van der Waals surface area contributed by atoms with Crippen molar-refractivity contribution in [2.24, 2.45) is 0 Å². The first-order valence-corrected chi connectivity index (χ1v) is 7.20. The maximum absolute atomic E-state index is 10.2. The Morgan fingerprint density at radius 1 is 1.21 bits per heavy atom. The van der Waals surface area contributed by atoms with Crippen molar-refractivity contribution in [2.45, 2.75) is 11.3 Å². The topological polar surface area (TPSA) is 26.7 Å². The minimum atomic E-state index is 0. The highest BCUT2D eigenvalue weighted by Gasteiger charge is 2.15. The molecule has 5 heteroatoms. The predicted octanol–water partition coefficient (Wildman–Crippen LogP) is 3.20. The molecule has 0 aliphatic carbocycles. The van der Waals surface area contributed by atoms with Gasteiger partial charge in [-0.05, 0) is 26.6 Å². The van der Waals surface area contributed by atoms with Crippen molar-refractivity contribution in [1.29, 1.82) is 0 Å². The van der Waals surface area contributed by atoms with Crippen LogP contribution >= 0.6 is 24.2 Å². The molecule has 2 rings (SSSR count). The predicted molar refractivity (Wildman–Crippen MR) is 84.1 cm³/mol. The minimum absolute atomic E-state index is 0. The Balaban J connectivity index is 0.00000180. The first-order valence-electron chi connectivity index (χ1n) is 6.22. The summed E-state index contributed by atoms with van der Waals surface area (Å²) < 4.78 is 0. The van der Waals surface area contributed by atoms with Gasteiger partial charge in [0.15, 0.2) is 0 Å². The fourth-order valence-corrected chi connectivity index (χ4v) is 2.90. The number of hydroxylamine groups is 2. The Kier molecular flexibility index (Phi) is 6.72. The van der Waals surface area contributed by atoms with Crippen LogP contribution in [0.1, 0.15) is 12.0 Å². The molecular weight excluding hydrogens is 280 g/mol. The smallest absolute Gasteiger partial charge is 0.0678 e. The summed E-state index contributed by atoms with van der Waals surface area (Å²) in [6, 6.07) is 8.28. The van der Waals surface area contributed by atoms with Gasteiger partial charge in [0.05, 0.1) is 12.2 Å². The summed E-state index contributed by atoms with van der Waals surface area (Å²) >= 11 is 1.85. The van der Waals surface area contributed by atoms with E-state index in [4.69, 9.17) is 0 Å². The van der Waals surface area contributed by atoms with E-state index in [9.17, 15) is 5.21 Å². The van der Waals surface area contributed by atoms with Crippen molar-refractivity contribution in [1.82, 2.24) is 9.96 Å². The van der Waals surface area contributed by atoms with Crippen LogP contribution in [0, 0.1) is 0 Å². The molecule has 0 amide bonds. The second-order valence-electron chi connectivity index (χ2n) is 4.65. The van der Waals surface area contributed by atoms with E-state index in [1.165, 1.54) is 9.96 Å². The molecule has 1 aromatic rings. The van der Waals surface area contributed by atoms with Crippen LogP contribution in [0.25, 0.3) is 5.70 Å². The van der Waals surface area contributed by atoms with Crippen LogP contribution in [0.15, 0.2) is 35.2 Å². The summed E-state index contributed by atoms with van der Waals surface area (Å²) in [6.45, 7) is 1.46. The number of halogens is 1. The lowest BCUT2D eigenvalue weighted by Crippen LogP contribution is -2.28. The lowest BCUT2D eigenvalue weighted by Gasteiger charge is -2.23. The normalized spacial score (nSPS) is 14.2. The van der Waals surface area contributed by atoms with Crippen LogP contribution in [0.2, 0.25) is 0 Å². The summed E-state index contributed by atoms with van der Waals surface area (Å²) in [5.41, 5.74) is 2.08. The van der Waals surface area contributed by atoms with E-state index in [1.807, 2.05) is 31.9 Å². The molecular formula is C14H21ClN2OS. The number of benzene rings is 1. The highest BCUT2D eigenvalue weighted by atomic mass is 35.5. The van der Waals surface area contributed by atoms with Gasteiger partial charge in [0.1, 0.15) is 0 Å². The standard InChI is InChI=1S/C14H20N2OS.ClH/c1-15(2)9-10-16(17)13-7-5-11-18-14-8-4-3-6-12(13)14;/h3-4,6-8,17H,5,9-11H2,1-2H3;1H. The van der Waals surface area contributed by atoms with Gasteiger partial charge in [0, 0.05) is 22.8 Å². The molecule has 0 fully saturated rings. The average molecular weight is 301 g/mol. The Morgan fingerprint density at radius 2 is 1.95 bits per heavy atom. The Labute approximate surface area is 125 Å². The SMILES string of the molecule is CN(C)CCN(O)C1=CCCSc2ccccc21.Cl. The van der Waals surface area contributed by atoms with Crippen molar-refractivity contribution < 1.29 is 5.21 Å². The molecule has 0 saturated carbocycles. The van der Waals surface area contributed by atoms with Gasteiger partial charge in [-0.25, -0.2) is 0 Å². The van der Waals surface area contributed by atoms with Gasteiger partial charge < -0.3 is 4.90 Å². The number of allylic oxidation sites excluding steroid dienone is 1. The van der Waals surface area contributed by atoms with Crippen LogP contribution < -0.4 is 0 Å². The highest BCUT2D eigenvalue weighted by molar-refractivity contribution is 7.99. The Bertz CT molecular complexity index is 437. The number of nitrogens with zero attached hydrogens (tertiary/aromatic N) is 2. The third-order valence-corrected chi connectivity index (χ3v) is 4.02. The first-order chi connectivity index (χ1) is 8.68. The Morgan fingerprint density at radius 3 is 2.68 bits per heavy atom. The summed E-state index contributed by atoms with van der Waals surface area (Å²) in [5, 5.41) is 11.6. The van der Waals surface area contributed by atoms with Gasteiger partial charge in [-0.3, -0.25) is 10.3 Å². The summed E-state index contributed by atoms with van der Waals surface area (Å²) in [6.07, 6.45) is 3.13. The van der Waals surface area contributed by atoms with Crippen LogP contribution in [-0.4, -0.2) is 48.1 Å². The van der Waals surface area contributed by atoms with Crippen molar-refractivity contribution >= 4 is 29.9 Å². The van der Waals surface area contributed by atoms with E-state index in [-0.39, 0.29) is 12.4 Å². The highest BCUT2D eigenvalue weighted by Crippen LogP contribution is 2.33. The quantitative estimate of drug-likeness (QED) is 0.864. The van der Waals surface area contributed by atoms with E-state index < -0.39 is 0 Å². The molecule has 0 radical (unpaired) electrons. The van der Waals surface area contributed by atoms with E-state index in [1.54, 1.807) is 0 Å². The number of hydrogen-bond acceptors (Lipinski definition) is 4. The lowest BCUT2D eigenvalue weighted by atomic mass is 10.1. The molecule has 1 aliphatic heterocycles. The third kappa shape index (κ3) is 4.42. The molecule has 0 unspecified atom stereocenters. The number of fused-ring (bicyclic) bond motifs is 1. The van der Waals surface area contributed by atoms with Crippen molar-refractivity contribution in [3.63, 3.8) is 0 Å². The minimum Gasteiger partial charge on any atom is -0.308 e. The van der Waals surface area contributed by atoms with E-state index in [0.717, 1.165) is 30.0 Å². The second-order valence-corrected chi connectivity index (χ2v) is 5.79. The monoisotopic (exact) mass is 300 g/mol. The van der Waals surface area contributed by atoms with Gasteiger partial charge in [0.25, 0.3) is 0 Å². The molecule has 0 aromatic heterocycles. The zero-order valence-corrected chi connectivity index (χ0v) is 13.0. The van der Waals surface area contributed by atoms with Crippen LogP contribution in [-0.2, 0) is 0 Å². The van der Waals surface area contributed by atoms with Crippen molar-refractivity contribution in [3.8, 4) is 0 Å². The molecule has 0 saturated heterocycles. The zero-order chi connectivity index (χ0) is 13.0. The summed E-state index contributed by atoms with van der Waals surface area (Å²) in [7, 11) is 4.03. The number of rotatable bonds is 4. The van der Waals surface area contributed by atoms with Gasteiger partial charge in [0.2, 0.25) is 0 Å². The third-order valence-electron chi connectivity index (χ3n) is 2.91. The summed E-state index contributed by atoms with van der Waals surface area (Å²) in [4.78, 5) is 3.33. The molecule has 1 aliphatic rings. The molecule has 19 heavy (non-hydrogen) atoms. The van der Waals surface area contributed by atoms with Gasteiger partial charge in [-0.1, -0.05) is 24.3 Å². The largest absolute Gasteiger partial charge is 0.308 e. The molecule has 0 spiro atoms. The van der Waals surface area contributed by atoms with Crippen molar-refractivity contribution in [2.75, 3.05) is 32.9 Å². The van der Waals surface area contributed by atoms with Gasteiger partial charge in [-0.15, -0.1) is 24.2 Å². The average Bonchev–Trinajstić information content (AvgIpc) is 2.58. The van der Waals surface area contributed by atoms with Gasteiger partial charge in [-0.2, -0.15) is 0 Å². The number of likely N-dealkylation sites (N-methyl/N-ethyl adjacent to an activating group) is 1. The summed E-state index contributed by atoms with van der Waals surface area (Å²) in [5.74, 6) is 1.07. The van der Waals surface area contributed by atoms with Crippen LogP contribution in [0.3, 0.4) is 0 Å². The molecule has 0 atom stereocenters. The molecule has 1 heterocycles. The second kappa shape index (κ2) is 7.80. The van der Waals surface area contributed by atoms with Gasteiger partial charge >= 0.3 is 0 Å². The van der Waals surface area contributed by atoms with E-state index in [2.05, 4.69) is 29.2 Å². The fraction of sp³-hybridized carbons (Fsp3) is 0.429. The molecule has 3 nitrogen and oxygen atoms in total. The lowest BCUT2D eigenvalue weighted by molar-refractivity contribution is -0.0310. The van der Waals surface area contributed by atoms with E-state index >= 15 is 0 Å². The molecule has 1 N–H and O–H groups in total. The molecule has 1 aromatic carbocycles. The van der Waals surface area contributed by atoms with Crippen molar-refractivity contribution in [3.05, 3.63) is 35.9 Å². The number of thioether (sulfide) groups is 1. The van der Waals surface area contributed by atoms with Crippen LogP contribution in [0.5, 0.6) is 0 Å². The molecule has 106 valence electrons.